The van der Waals surface area contributed by atoms with Crippen molar-refractivity contribution >= 4 is 11.3 Å². The minimum Gasteiger partial charge on any atom is -0.493 e. The SMILES string of the molecule is N[C@H]1CCCc2ccc(OCCc3ccsc3)cc21. The summed E-state index contributed by atoms with van der Waals surface area (Å²) in [5.74, 6) is 0.950. The number of fused-ring (bicyclic) bond motifs is 1. The normalized spacial score (nSPS) is 18.1. The lowest BCUT2D eigenvalue weighted by molar-refractivity contribution is 0.321. The van der Waals surface area contributed by atoms with E-state index in [-0.39, 0.29) is 6.04 Å². The highest BCUT2D eigenvalue weighted by atomic mass is 32.1. The average molecular weight is 273 g/mol. The van der Waals surface area contributed by atoms with Crippen LogP contribution in [0.1, 0.15) is 35.6 Å². The fourth-order valence-electron chi connectivity index (χ4n) is 2.63. The molecule has 2 nitrogen and oxygen atoms in total. The minimum absolute atomic E-state index is 0.184. The van der Waals surface area contributed by atoms with Gasteiger partial charge in [0.1, 0.15) is 5.75 Å². The molecule has 100 valence electrons. The molecule has 2 N–H and O–H groups in total. The van der Waals surface area contributed by atoms with Crippen LogP contribution in [0.3, 0.4) is 0 Å². The third kappa shape index (κ3) is 2.99. The second kappa shape index (κ2) is 5.76. The van der Waals surface area contributed by atoms with Gasteiger partial charge in [0.05, 0.1) is 6.61 Å². The molecule has 2 aromatic rings. The Labute approximate surface area is 118 Å². The van der Waals surface area contributed by atoms with Crippen molar-refractivity contribution < 1.29 is 4.74 Å². The smallest absolute Gasteiger partial charge is 0.119 e. The van der Waals surface area contributed by atoms with Gasteiger partial charge in [0, 0.05) is 12.5 Å². The van der Waals surface area contributed by atoms with E-state index < -0.39 is 0 Å². The minimum atomic E-state index is 0.184. The number of hydrogen-bond donors (Lipinski definition) is 1. The van der Waals surface area contributed by atoms with Crippen molar-refractivity contribution in [2.24, 2.45) is 5.73 Å². The maximum absolute atomic E-state index is 6.17. The summed E-state index contributed by atoms with van der Waals surface area (Å²) in [6, 6.07) is 8.71. The Bertz CT molecular complexity index is 536. The quantitative estimate of drug-likeness (QED) is 0.921. The maximum atomic E-state index is 6.17. The van der Waals surface area contributed by atoms with Crippen molar-refractivity contribution in [1.82, 2.24) is 0 Å². The molecular weight excluding hydrogens is 254 g/mol. The first-order chi connectivity index (χ1) is 9.33. The van der Waals surface area contributed by atoms with Crippen molar-refractivity contribution in [2.45, 2.75) is 31.7 Å². The molecule has 0 radical (unpaired) electrons. The largest absolute Gasteiger partial charge is 0.493 e. The Morgan fingerprint density at radius 3 is 3.11 bits per heavy atom. The number of aryl methyl sites for hydroxylation is 1. The van der Waals surface area contributed by atoms with Crippen LogP contribution in [0, 0.1) is 0 Å². The summed E-state index contributed by atoms with van der Waals surface area (Å²) >= 11 is 1.73. The van der Waals surface area contributed by atoms with Crippen LogP contribution in [0.4, 0.5) is 0 Å². The molecule has 0 aliphatic heterocycles. The van der Waals surface area contributed by atoms with Gasteiger partial charge in [-0.1, -0.05) is 6.07 Å². The molecule has 1 heterocycles. The van der Waals surface area contributed by atoms with E-state index in [0.29, 0.717) is 0 Å². The van der Waals surface area contributed by atoms with E-state index in [1.54, 1.807) is 11.3 Å². The molecule has 0 unspecified atom stereocenters. The molecule has 1 aromatic heterocycles. The summed E-state index contributed by atoms with van der Waals surface area (Å²) < 4.78 is 5.84. The Hall–Kier alpha value is -1.32. The molecule has 1 aliphatic carbocycles. The molecule has 0 saturated carbocycles. The van der Waals surface area contributed by atoms with Crippen LogP contribution in [0.2, 0.25) is 0 Å². The lowest BCUT2D eigenvalue weighted by atomic mass is 9.88. The van der Waals surface area contributed by atoms with E-state index in [2.05, 4.69) is 35.0 Å². The predicted octanol–water partition coefficient (Wildman–Crippen LogP) is 3.71. The molecule has 3 heteroatoms. The van der Waals surface area contributed by atoms with Crippen LogP contribution in [0.15, 0.2) is 35.0 Å². The van der Waals surface area contributed by atoms with Crippen LogP contribution in [0.5, 0.6) is 5.75 Å². The summed E-state index contributed by atoms with van der Waals surface area (Å²) in [4.78, 5) is 0. The monoisotopic (exact) mass is 273 g/mol. The molecule has 0 fully saturated rings. The highest BCUT2D eigenvalue weighted by molar-refractivity contribution is 7.07. The van der Waals surface area contributed by atoms with E-state index in [4.69, 9.17) is 10.5 Å². The topological polar surface area (TPSA) is 35.2 Å². The second-order valence-electron chi connectivity index (χ2n) is 5.09. The molecule has 3 rings (SSSR count). The predicted molar refractivity (Wildman–Crippen MR) is 79.8 cm³/mol. The molecule has 19 heavy (non-hydrogen) atoms. The third-order valence-electron chi connectivity index (χ3n) is 3.72. The first kappa shape index (κ1) is 12.7. The van der Waals surface area contributed by atoms with Gasteiger partial charge in [-0.05, 0) is 64.9 Å². The number of ether oxygens (including phenoxy) is 1. The summed E-state index contributed by atoms with van der Waals surface area (Å²) in [7, 11) is 0. The molecule has 1 aromatic carbocycles. The van der Waals surface area contributed by atoms with Crippen LogP contribution in [-0.4, -0.2) is 6.61 Å². The van der Waals surface area contributed by atoms with E-state index >= 15 is 0 Å². The van der Waals surface area contributed by atoms with E-state index in [0.717, 1.165) is 31.6 Å². The van der Waals surface area contributed by atoms with E-state index in [1.165, 1.54) is 23.1 Å². The maximum Gasteiger partial charge on any atom is 0.119 e. The zero-order chi connectivity index (χ0) is 13.1. The van der Waals surface area contributed by atoms with Gasteiger partial charge in [-0.25, -0.2) is 0 Å². The average Bonchev–Trinajstić information content (AvgIpc) is 2.93. The number of nitrogens with two attached hydrogens (primary N) is 1. The number of hydrogen-bond acceptors (Lipinski definition) is 3. The van der Waals surface area contributed by atoms with Crippen molar-refractivity contribution in [3.05, 3.63) is 51.7 Å². The Balaban J connectivity index is 1.63. The molecule has 0 amide bonds. The summed E-state index contributed by atoms with van der Waals surface area (Å²) in [6.45, 7) is 0.727. The molecule has 0 bridgehead atoms. The molecule has 0 spiro atoms. The van der Waals surface area contributed by atoms with Crippen molar-refractivity contribution in [3.63, 3.8) is 0 Å². The highest BCUT2D eigenvalue weighted by Gasteiger charge is 2.17. The Kier molecular flexibility index (Phi) is 3.85. The number of rotatable bonds is 4. The number of thiophene rings is 1. The third-order valence-corrected chi connectivity index (χ3v) is 4.45. The Morgan fingerprint density at radius 2 is 2.26 bits per heavy atom. The zero-order valence-electron chi connectivity index (χ0n) is 11.0. The highest BCUT2D eigenvalue weighted by Crippen LogP contribution is 2.30. The first-order valence-electron chi connectivity index (χ1n) is 6.85. The fraction of sp³-hybridized carbons (Fsp3) is 0.375. The van der Waals surface area contributed by atoms with Crippen molar-refractivity contribution in [3.8, 4) is 5.75 Å². The fourth-order valence-corrected chi connectivity index (χ4v) is 3.33. The van der Waals surface area contributed by atoms with Crippen LogP contribution >= 0.6 is 11.3 Å². The van der Waals surface area contributed by atoms with E-state index in [1.807, 2.05) is 0 Å². The van der Waals surface area contributed by atoms with Gasteiger partial charge < -0.3 is 10.5 Å². The van der Waals surface area contributed by atoms with Crippen molar-refractivity contribution in [2.75, 3.05) is 6.61 Å². The molecule has 1 aliphatic rings. The summed E-state index contributed by atoms with van der Waals surface area (Å²) in [6.07, 6.45) is 4.41. The zero-order valence-corrected chi connectivity index (χ0v) is 11.8. The van der Waals surface area contributed by atoms with E-state index in [9.17, 15) is 0 Å². The van der Waals surface area contributed by atoms with Gasteiger partial charge in [0.25, 0.3) is 0 Å². The summed E-state index contributed by atoms with van der Waals surface area (Å²) in [5.41, 5.74) is 10.2. The lowest BCUT2D eigenvalue weighted by Crippen LogP contribution is -2.17. The lowest BCUT2D eigenvalue weighted by Gasteiger charge is -2.22. The van der Waals surface area contributed by atoms with Gasteiger partial charge >= 0.3 is 0 Å². The van der Waals surface area contributed by atoms with Crippen LogP contribution in [0.25, 0.3) is 0 Å². The molecule has 1 atom stereocenters. The number of benzene rings is 1. The van der Waals surface area contributed by atoms with Gasteiger partial charge in [-0.3, -0.25) is 0 Å². The Morgan fingerprint density at radius 1 is 1.32 bits per heavy atom. The van der Waals surface area contributed by atoms with Crippen molar-refractivity contribution in [1.29, 1.82) is 0 Å². The van der Waals surface area contributed by atoms with Gasteiger partial charge in [-0.15, -0.1) is 0 Å². The van der Waals surface area contributed by atoms with Crippen LogP contribution < -0.4 is 10.5 Å². The van der Waals surface area contributed by atoms with Gasteiger partial charge in [0.2, 0.25) is 0 Å². The second-order valence-corrected chi connectivity index (χ2v) is 5.87. The molecule has 0 saturated heterocycles. The van der Waals surface area contributed by atoms with Crippen LogP contribution in [-0.2, 0) is 12.8 Å². The molecular formula is C16H19NOS. The van der Waals surface area contributed by atoms with Gasteiger partial charge in [0.15, 0.2) is 0 Å². The van der Waals surface area contributed by atoms with Gasteiger partial charge in [-0.2, -0.15) is 11.3 Å². The summed E-state index contributed by atoms with van der Waals surface area (Å²) in [5, 5.41) is 4.28. The first-order valence-corrected chi connectivity index (χ1v) is 7.79. The standard InChI is InChI=1S/C16H19NOS/c17-16-3-1-2-13-4-5-14(10-15(13)16)18-8-6-12-7-9-19-11-12/h4-5,7,9-11,16H,1-3,6,8,17H2/t16-/m0/s1.